The van der Waals surface area contributed by atoms with Crippen LogP contribution in [0.2, 0.25) is 0 Å². The molecule has 0 atom stereocenters. The summed E-state index contributed by atoms with van der Waals surface area (Å²) in [6.07, 6.45) is 0. The van der Waals surface area contributed by atoms with Gasteiger partial charge in [0.05, 0.1) is 0 Å². The summed E-state index contributed by atoms with van der Waals surface area (Å²) in [5.74, 6) is 0. The molecule has 0 aliphatic carbocycles. The molecule has 4 heteroatoms. The quantitative estimate of drug-likeness (QED) is 0.485. The van der Waals surface area contributed by atoms with E-state index < -0.39 is 15.6 Å². The summed E-state index contributed by atoms with van der Waals surface area (Å²) in [6, 6.07) is 0. The Hall–Kier alpha value is 0.363. The van der Waals surface area contributed by atoms with E-state index in [9.17, 15) is 7.00 Å². The third-order valence-electron chi connectivity index (χ3n) is 0.154. The number of rotatable bonds is 1. The van der Waals surface area contributed by atoms with Crippen molar-refractivity contribution >= 4 is 15.6 Å². The summed E-state index contributed by atoms with van der Waals surface area (Å²) >= 11 is -3.86. The van der Waals surface area contributed by atoms with E-state index in [0.717, 1.165) is 7.11 Å². The molecule has 0 aliphatic heterocycles. The maximum atomic E-state index is 10.7. The fourth-order valence-electron chi connectivity index (χ4n) is 0. The minimum atomic E-state index is -3.86. The molecule has 0 spiro atoms. The van der Waals surface area contributed by atoms with Gasteiger partial charge in [-0.3, -0.25) is 0 Å². The SMILES string of the molecule is C[O][Ge]([F])[F]. The van der Waals surface area contributed by atoms with Crippen LogP contribution >= 0.6 is 0 Å². The molecule has 31 valence electrons. The molecule has 0 aromatic carbocycles. The molecule has 0 aromatic heterocycles. The van der Waals surface area contributed by atoms with Crippen LogP contribution in [0.15, 0.2) is 0 Å². The molecule has 0 bridgehead atoms. The molecular formula is CH3F2GeO. The average Bonchev–Trinajstić information content (AvgIpc) is 1.38. The van der Waals surface area contributed by atoms with E-state index in [2.05, 4.69) is 3.76 Å². The summed E-state index contributed by atoms with van der Waals surface area (Å²) in [4.78, 5) is 0. The number of halogens is 2. The van der Waals surface area contributed by atoms with Crippen LogP contribution < -0.4 is 0 Å². The van der Waals surface area contributed by atoms with E-state index >= 15 is 0 Å². The molecule has 0 amide bonds. The van der Waals surface area contributed by atoms with Crippen LogP contribution in [0.4, 0.5) is 7.00 Å². The Morgan fingerprint density at radius 2 is 1.80 bits per heavy atom. The Kier molecular flexibility index (Phi) is 2.78. The van der Waals surface area contributed by atoms with Crippen molar-refractivity contribution in [1.82, 2.24) is 0 Å². The van der Waals surface area contributed by atoms with Gasteiger partial charge in [0.2, 0.25) is 0 Å². The Morgan fingerprint density at radius 3 is 1.80 bits per heavy atom. The molecule has 0 N–H and O–H groups in total. The molecule has 1 nitrogen and oxygen atoms in total. The van der Waals surface area contributed by atoms with Crippen molar-refractivity contribution in [2.45, 2.75) is 0 Å². The van der Waals surface area contributed by atoms with E-state index in [1.807, 2.05) is 0 Å². The molecule has 0 fully saturated rings. The van der Waals surface area contributed by atoms with Gasteiger partial charge in [-0.05, 0) is 0 Å². The Bertz CT molecular complexity index is 23.6. The number of hydrogen-bond acceptors (Lipinski definition) is 1. The first-order chi connectivity index (χ1) is 2.27. The van der Waals surface area contributed by atoms with Gasteiger partial charge in [0.1, 0.15) is 0 Å². The fraction of sp³-hybridized carbons (Fsp3) is 1.00. The maximum absolute atomic E-state index is 10.7. The van der Waals surface area contributed by atoms with Crippen LogP contribution in [0.25, 0.3) is 0 Å². The van der Waals surface area contributed by atoms with Gasteiger partial charge in [-0.1, -0.05) is 0 Å². The molecular weight excluding hydrogens is 139 g/mol. The van der Waals surface area contributed by atoms with Crippen LogP contribution in [0, 0.1) is 0 Å². The van der Waals surface area contributed by atoms with Crippen LogP contribution in [0.1, 0.15) is 0 Å². The van der Waals surface area contributed by atoms with Crippen molar-refractivity contribution < 1.29 is 10.8 Å². The van der Waals surface area contributed by atoms with Crippen LogP contribution in [0.5, 0.6) is 0 Å². The van der Waals surface area contributed by atoms with Gasteiger partial charge >= 0.3 is 33.5 Å². The molecule has 5 heavy (non-hydrogen) atoms. The number of hydrogen-bond donors (Lipinski definition) is 0. The van der Waals surface area contributed by atoms with Crippen molar-refractivity contribution in [3.8, 4) is 0 Å². The van der Waals surface area contributed by atoms with Crippen molar-refractivity contribution in [2.24, 2.45) is 0 Å². The Morgan fingerprint density at radius 1 is 1.60 bits per heavy atom. The van der Waals surface area contributed by atoms with Crippen LogP contribution in [-0.2, 0) is 3.76 Å². The zero-order chi connectivity index (χ0) is 4.28. The average molecular weight is 142 g/mol. The van der Waals surface area contributed by atoms with E-state index in [4.69, 9.17) is 0 Å². The van der Waals surface area contributed by atoms with Crippen molar-refractivity contribution in [3.63, 3.8) is 0 Å². The molecule has 0 rings (SSSR count). The second-order valence-corrected chi connectivity index (χ2v) is 2.23. The van der Waals surface area contributed by atoms with E-state index in [0.29, 0.717) is 0 Å². The zero-order valence-electron chi connectivity index (χ0n) is 2.66. The molecule has 0 heterocycles. The third-order valence-corrected chi connectivity index (χ3v) is 0.802. The van der Waals surface area contributed by atoms with Gasteiger partial charge in [-0.25, -0.2) is 0 Å². The first-order valence-corrected chi connectivity index (χ1v) is 3.43. The monoisotopic (exact) mass is 143 g/mol. The standard InChI is InChI=1S/CH3F2GeO/c1-5-4(2)3/h1H3. The van der Waals surface area contributed by atoms with Gasteiger partial charge in [0, 0.05) is 0 Å². The predicted octanol–water partition coefficient (Wildman–Crippen LogP) is 0.557. The van der Waals surface area contributed by atoms with Gasteiger partial charge in [-0.15, -0.1) is 0 Å². The van der Waals surface area contributed by atoms with Crippen LogP contribution in [-0.4, -0.2) is 22.7 Å². The van der Waals surface area contributed by atoms with Crippen molar-refractivity contribution in [2.75, 3.05) is 7.11 Å². The van der Waals surface area contributed by atoms with Gasteiger partial charge in [0.25, 0.3) is 0 Å². The summed E-state index contributed by atoms with van der Waals surface area (Å²) < 4.78 is 25.0. The minimum absolute atomic E-state index is 1.02. The summed E-state index contributed by atoms with van der Waals surface area (Å²) in [7, 11) is 1.02. The molecule has 0 aromatic rings. The molecule has 0 saturated heterocycles. The van der Waals surface area contributed by atoms with E-state index in [-0.39, 0.29) is 0 Å². The van der Waals surface area contributed by atoms with E-state index in [1.54, 1.807) is 0 Å². The predicted molar refractivity (Wildman–Crippen MR) is 15.0 cm³/mol. The van der Waals surface area contributed by atoms with Gasteiger partial charge in [0.15, 0.2) is 0 Å². The molecule has 0 aliphatic rings. The Balaban J connectivity index is 2.54. The van der Waals surface area contributed by atoms with Gasteiger partial charge in [-0.2, -0.15) is 0 Å². The zero-order valence-corrected chi connectivity index (χ0v) is 4.76. The van der Waals surface area contributed by atoms with Crippen molar-refractivity contribution in [1.29, 1.82) is 0 Å². The third kappa shape index (κ3) is 4.36. The molecule has 0 unspecified atom stereocenters. The van der Waals surface area contributed by atoms with E-state index in [1.165, 1.54) is 0 Å². The second-order valence-electron chi connectivity index (χ2n) is 0.430. The van der Waals surface area contributed by atoms with Gasteiger partial charge < -0.3 is 0 Å². The fourth-order valence-corrected chi connectivity index (χ4v) is 0. The topological polar surface area (TPSA) is 9.23 Å². The molecule has 1 radical (unpaired) electrons. The van der Waals surface area contributed by atoms with Crippen molar-refractivity contribution in [3.05, 3.63) is 0 Å². The first-order valence-electron chi connectivity index (χ1n) is 0.990. The summed E-state index contributed by atoms with van der Waals surface area (Å²) in [5.41, 5.74) is 0. The molecule has 0 saturated carbocycles. The Labute approximate surface area is 34.4 Å². The second kappa shape index (κ2) is 2.59. The summed E-state index contributed by atoms with van der Waals surface area (Å²) in [6.45, 7) is 0. The normalized spacial score (nSPS) is 9.60. The first kappa shape index (κ1) is 5.36. The summed E-state index contributed by atoms with van der Waals surface area (Å²) in [5, 5.41) is 0. The van der Waals surface area contributed by atoms with Crippen LogP contribution in [0.3, 0.4) is 0 Å².